The van der Waals surface area contributed by atoms with Crippen molar-refractivity contribution in [3.63, 3.8) is 0 Å². The summed E-state index contributed by atoms with van der Waals surface area (Å²) in [5, 5.41) is 9.71. The van der Waals surface area contributed by atoms with Gasteiger partial charge in [0, 0.05) is 16.4 Å². The molecule has 2 heterocycles. The van der Waals surface area contributed by atoms with E-state index in [4.69, 9.17) is 0 Å². The van der Waals surface area contributed by atoms with E-state index in [-0.39, 0.29) is 0 Å². The summed E-state index contributed by atoms with van der Waals surface area (Å²) in [7, 11) is 0. The van der Waals surface area contributed by atoms with Crippen molar-refractivity contribution in [2.24, 2.45) is 0 Å². The summed E-state index contributed by atoms with van der Waals surface area (Å²) in [5.74, 6) is 0.739. The molecule has 0 amide bonds. The number of rotatable bonds is 4. The van der Waals surface area contributed by atoms with Crippen LogP contribution in [0.4, 0.5) is 0 Å². The first kappa shape index (κ1) is 13.3. The number of thioether (sulfide) groups is 1. The smallest absolute Gasteiger partial charge is 0.111 e. The lowest BCUT2D eigenvalue weighted by Gasteiger charge is -2.00. The number of hydrogen-bond acceptors (Lipinski definition) is 4. The summed E-state index contributed by atoms with van der Waals surface area (Å²) in [4.78, 5) is 5.96. The van der Waals surface area contributed by atoms with E-state index in [9.17, 15) is 0 Å². The van der Waals surface area contributed by atoms with Crippen molar-refractivity contribution in [1.29, 1.82) is 0 Å². The monoisotopic (exact) mass is 346 g/mol. The quantitative estimate of drug-likeness (QED) is 0.675. The maximum atomic E-state index is 4.47. The van der Waals surface area contributed by atoms with E-state index in [1.807, 2.05) is 42.5 Å². The van der Waals surface area contributed by atoms with E-state index in [2.05, 4.69) is 31.1 Å². The predicted molar refractivity (Wildman–Crippen MR) is 82.9 cm³/mol. The Morgan fingerprint density at radius 3 is 2.75 bits per heavy atom. The predicted octanol–water partition coefficient (Wildman–Crippen LogP) is 3.72. The van der Waals surface area contributed by atoms with Gasteiger partial charge in [-0.1, -0.05) is 30.0 Å². The first-order chi connectivity index (χ1) is 9.83. The highest BCUT2D eigenvalue weighted by molar-refractivity contribution is 9.10. The molecule has 0 unspecified atom stereocenters. The third kappa shape index (κ3) is 3.08. The fraction of sp³-hybridized carbons (Fsp3) is 0.0714. The summed E-state index contributed by atoms with van der Waals surface area (Å²) >= 11 is 5.12. The van der Waals surface area contributed by atoms with Crippen LogP contribution in [0.3, 0.4) is 0 Å². The van der Waals surface area contributed by atoms with Gasteiger partial charge in [-0.2, -0.15) is 15.0 Å². The molecule has 0 fully saturated rings. The number of para-hydroxylation sites is 1. The Morgan fingerprint density at radius 2 is 1.95 bits per heavy atom. The number of aromatic nitrogens is 4. The molecule has 1 aromatic carbocycles. The van der Waals surface area contributed by atoms with E-state index in [0.29, 0.717) is 0 Å². The lowest BCUT2D eigenvalue weighted by molar-refractivity contribution is 0.745. The molecule has 2 aromatic heterocycles. The van der Waals surface area contributed by atoms with Gasteiger partial charge < -0.3 is 0 Å². The SMILES string of the molecule is Brc1cccnc1SCc1cnn(-c2ccccc2)n1. The van der Waals surface area contributed by atoms with Crippen LogP contribution in [0.15, 0.2) is 64.4 Å². The zero-order valence-electron chi connectivity index (χ0n) is 10.5. The minimum absolute atomic E-state index is 0.739. The Hall–Kier alpha value is -1.66. The highest BCUT2D eigenvalue weighted by atomic mass is 79.9. The Balaban J connectivity index is 1.71. The second-order valence-corrected chi connectivity index (χ2v) is 5.86. The van der Waals surface area contributed by atoms with Crippen LogP contribution in [0, 0.1) is 0 Å². The summed E-state index contributed by atoms with van der Waals surface area (Å²) in [6, 6.07) is 13.8. The fourth-order valence-electron chi connectivity index (χ4n) is 1.67. The van der Waals surface area contributed by atoms with E-state index in [1.165, 1.54) is 0 Å². The van der Waals surface area contributed by atoms with Gasteiger partial charge in [-0.15, -0.1) is 0 Å². The molecule has 0 bridgehead atoms. The number of pyridine rings is 1. The van der Waals surface area contributed by atoms with Crippen LogP contribution in [0.2, 0.25) is 0 Å². The Kier molecular flexibility index (Phi) is 4.13. The van der Waals surface area contributed by atoms with Gasteiger partial charge in [-0.3, -0.25) is 0 Å². The van der Waals surface area contributed by atoms with Crippen LogP contribution in [-0.2, 0) is 5.75 Å². The van der Waals surface area contributed by atoms with Crippen LogP contribution in [-0.4, -0.2) is 20.0 Å². The third-order valence-corrected chi connectivity index (χ3v) is 4.55. The third-order valence-electron chi connectivity index (χ3n) is 2.61. The van der Waals surface area contributed by atoms with Gasteiger partial charge in [0.25, 0.3) is 0 Å². The highest BCUT2D eigenvalue weighted by Gasteiger charge is 2.06. The molecule has 0 N–H and O–H groups in total. The Labute approximate surface area is 129 Å². The van der Waals surface area contributed by atoms with Crippen molar-refractivity contribution in [1.82, 2.24) is 20.0 Å². The van der Waals surface area contributed by atoms with Crippen LogP contribution in [0.5, 0.6) is 0 Å². The van der Waals surface area contributed by atoms with Crippen LogP contribution >= 0.6 is 27.7 Å². The Bertz CT molecular complexity index is 699. The number of halogens is 1. The molecule has 0 aliphatic carbocycles. The number of nitrogens with zero attached hydrogens (tertiary/aromatic N) is 4. The summed E-state index contributed by atoms with van der Waals surface area (Å²) in [6.45, 7) is 0. The maximum Gasteiger partial charge on any atom is 0.111 e. The number of hydrogen-bond donors (Lipinski definition) is 0. The molecule has 0 aliphatic rings. The van der Waals surface area contributed by atoms with Gasteiger partial charge in [0.05, 0.1) is 17.6 Å². The molecule has 4 nitrogen and oxygen atoms in total. The topological polar surface area (TPSA) is 43.6 Å². The van der Waals surface area contributed by atoms with Gasteiger partial charge >= 0.3 is 0 Å². The highest BCUT2D eigenvalue weighted by Crippen LogP contribution is 2.26. The Morgan fingerprint density at radius 1 is 1.10 bits per heavy atom. The average molecular weight is 347 g/mol. The normalized spacial score (nSPS) is 10.7. The van der Waals surface area contributed by atoms with E-state index in [0.717, 1.165) is 26.6 Å². The molecule has 20 heavy (non-hydrogen) atoms. The van der Waals surface area contributed by atoms with Crippen molar-refractivity contribution in [3.8, 4) is 5.69 Å². The zero-order valence-corrected chi connectivity index (χ0v) is 12.9. The molecule has 3 rings (SSSR count). The molecule has 0 spiro atoms. The zero-order chi connectivity index (χ0) is 13.8. The molecule has 0 radical (unpaired) electrons. The largest absolute Gasteiger partial charge is 0.249 e. The van der Waals surface area contributed by atoms with Crippen molar-refractivity contribution >= 4 is 27.7 Å². The van der Waals surface area contributed by atoms with Crippen molar-refractivity contribution in [2.75, 3.05) is 0 Å². The summed E-state index contributed by atoms with van der Waals surface area (Å²) < 4.78 is 1.00. The van der Waals surface area contributed by atoms with Gasteiger partial charge in [-0.05, 0) is 40.2 Å². The second kappa shape index (κ2) is 6.19. The molecule has 0 atom stereocenters. The van der Waals surface area contributed by atoms with Gasteiger partial charge in [0.15, 0.2) is 0 Å². The molecule has 0 aliphatic heterocycles. The summed E-state index contributed by atoms with van der Waals surface area (Å²) in [5.41, 5.74) is 1.89. The van der Waals surface area contributed by atoms with Crippen molar-refractivity contribution in [2.45, 2.75) is 10.8 Å². The lowest BCUT2D eigenvalue weighted by atomic mass is 10.3. The number of benzene rings is 1. The van der Waals surface area contributed by atoms with Crippen LogP contribution in [0.25, 0.3) is 5.69 Å². The molecular weight excluding hydrogens is 336 g/mol. The minimum Gasteiger partial charge on any atom is -0.249 e. The van der Waals surface area contributed by atoms with E-state index < -0.39 is 0 Å². The maximum absolute atomic E-state index is 4.47. The van der Waals surface area contributed by atoms with Gasteiger partial charge in [0.1, 0.15) is 5.03 Å². The fourth-order valence-corrected chi connectivity index (χ4v) is 3.02. The second-order valence-electron chi connectivity index (χ2n) is 4.04. The minimum atomic E-state index is 0.739. The lowest BCUT2D eigenvalue weighted by Crippen LogP contribution is -1.98. The first-order valence-corrected chi connectivity index (χ1v) is 7.81. The van der Waals surface area contributed by atoms with Crippen LogP contribution in [0.1, 0.15) is 5.69 Å². The molecular formula is C14H11BrN4S. The van der Waals surface area contributed by atoms with Gasteiger partial charge in [0.2, 0.25) is 0 Å². The molecule has 6 heteroatoms. The average Bonchev–Trinajstić information content (AvgIpc) is 2.96. The van der Waals surface area contributed by atoms with Crippen molar-refractivity contribution < 1.29 is 0 Å². The van der Waals surface area contributed by atoms with Crippen molar-refractivity contribution in [3.05, 3.63) is 65.0 Å². The molecule has 0 saturated carbocycles. The first-order valence-electron chi connectivity index (χ1n) is 6.03. The molecule has 100 valence electrons. The standard InChI is InChI=1S/C14H11BrN4S/c15-13-7-4-8-16-14(13)20-10-11-9-17-19(18-11)12-5-2-1-3-6-12/h1-9H,10H2. The van der Waals surface area contributed by atoms with Crippen LogP contribution < -0.4 is 0 Å². The van der Waals surface area contributed by atoms with E-state index in [1.54, 1.807) is 29.0 Å². The molecule has 3 aromatic rings. The molecule has 0 saturated heterocycles. The van der Waals surface area contributed by atoms with E-state index >= 15 is 0 Å². The summed E-state index contributed by atoms with van der Waals surface area (Å²) in [6.07, 6.45) is 3.57. The van der Waals surface area contributed by atoms with Gasteiger partial charge in [-0.25, -0.2) is 4.98 Å².